The summed E-state index contributed by atoms with van der Waals surface area (Å²) in [5, 5.41) is 12.6. The van der Waals surface area contributed by atoms with Crippen LogP contribution >= 0.6 is 0 Å². The highest BCUT2D eigenvalue weighted by Crippen LogP contribution is 2.24. The summed E-state index contributed by atoms with van der Waals surface area (Å²) in [6, 6.07) is 16.2. The molecule has 1 heterocycles. The van der Waals surface area contributed by atoms with E-state index in [2.05, 4.69) is 5.32 Å². The Bertz CT molecular complexity index is 832. The molecule has 2 aromatic carbocycles. The molecule has 0 spiro atoms. The van der Waals surface area contributed by atoms with E-state index in [9.17, 15) is 14.7 Å². The van der Waals surface area contributed by atoms with Crippen molar-refractivity contribution in [2.24, 2.45) is 0 Å². The summed E-state index contributed by atoms with van der Waals surface area (Å²) >= 11 is 0. The Morgan fingerprint density at radius 1 is 1.10 bits per heavy atom. The molecule has 29 heavy (non-hydrogen) atoms. The molecule has 6 nitrogen and oxygen atoms in total. The van der Waals surface area contributed by atoms with Crippen LogP contribution in [0.5, 0.6) is 0 Å². The van der Waals surface area contributed by atoms with Crippen molar-refractivity contribution < 1.29 is 24.2 Å². The van der Waals surface area contributed by atoms with E-state index in [1.807, 2.05) is 18.2 Å². The Morgan fingerprint density at radius 2 is 1.76 bits per heavy atom. The van der Waals surface area contributed by atoms with Gasteiger partial charge in [-0.3, -0.25) is 9.59 Å². The number of hydrogen-bond donors (Lipinski definition) is 2. The van der Waals surface area contributed by atoms with Crippen molar-refractivity contribution >= 4 is 11.9 Å². The smallest absolute Gasteiger partial charge is 0.315 e. The van der Waals surface area contributed by atoms with E-state index in [4.69, 9.17) is 9.47 Å². The van der Waals surface area contributed by atoms with Gasteiger partial charge >= 0.3 is 5.97 Å². The topological polar surface area (TPSA) is 84.9 Å². The highest BCUT2D eigenvalue weighted by molar-refractivity contribution is 5.96. The lowest BCUT2D eigenvalue weighted by molar-refractivity contribution is -0.142. The predicted octanol–water partition coefficient (Wildman–Crippen LogP) is 3.15. The van der Waals surface area contributed by atoms with Crippen LogP contribution in [0.1, 0.15) is 41.3 Å². The number of rotatable bonds is 8. The molecule has 1 aliphatic heterocycles. The van der Waals surface area contributed by atoms with Gasteiger partial charge in [0, 0.05) is 25.3 Å². The number of benzene rings is 2. The molecule has 1 aliphatic rings. The van der Waals surface area contributed by atoms with Crippen molar-refractivity contribution in [1.29, 1.82) is 0 Å². The van der Waals surface area contributed by atoms with Crippen LogP contribution in [-0.4, -0.2) is 42.8 Å². The number of ether oxygens (including phenoxy) is 2. The number of hydrogen-bond acceptors (Lipinski definition) is 4. The third kappa shape index (κ3) is 5.22. The van der Waals surface area contributed by atoms with Gasteiger partial charge in [0.05, 0.1) is 12.7 Å². The highest BCUT2D eigenvalue weighted by Gasteiger charge is 2.35. The molecule has 154 valence electrons. The lowest BCUT2D eigenvalue weighted by Gasteiger charge is -2.26. The zero-order chi connectivity index (χ0) is 20.7. The molecule has 1 saturated heterocycles. The first kappa shape index (κ1) is 21.0. The third-order valence-electron chi connectivity index (χ3n) is 5.39. The molecule has 0 radical (unpaired) electrons. The number of nitrogens with one attached hydrogen (secondary N) is 1. The number of carbonyl (C=O) groups excluding carboxylic acids is 1. The summed E-state index contributed by atoms with van der Waals surface area (Å²) < 4.78 is 11.3. The first-order valence-electron chi connectivity index (χ1n) is 9.85. The Kier molecular flexibility index (Phi) is 7.01. The predicted molar refractivity (Wildman–Crippen MR) is 109 cm³/mol. The molecule has 2 aromatic rings. The second-order valence-corrected chi connectivity index (χ2v) is 7.47. The van der Waals surface area contributed by atoms with Crippen molar-refractivity contribution in [3.8, 4) is 0 Å². The second kappa shape index (κ2) is 9.67. The minimum atomic E-state index is -1.22. The third-order valence-corrected chi connectivity index (χ3v) is 5.39. The first-order valence-corrected chi connectivity index (χ1v) is 9.85. The van der Waals surface area contributed by atoms with E-state index in [0.717, 1.165) is 18.4 Å². The van der Waals surface area contributed by atoms with E-state index >= 15 is 0 Å². The molecule has 1 amide bonds. The van der Waals surface area contributed by atoms with Gasteiger partial charge in [0.25, 0.3) is 5.91 Å². The van der Waals surface area contributed by atoms with Gasteiger partial charge in [-0.05, 0) is 37.0 Å². The van der Waals surface area contributed by atoms with Crippen LogP contribution in [-0.2, 0) is 26.3 Å². The van der Waals surface area contributed by atoms with Crippen molar-refractivity contribution in [2.75, 3.05) is 19.8 Å². The van der Waals surface area contributed by atoms with Crippen LogP contribution in [0.25, 0.3) is 0 Å². The van der Waals surface area contributed by atoms with Gasteiger partial charge in [0.15, 0.2) is 0 Å². The lowest BCUT2D eigenvalue weighted by Crippen LogP contribution is -2.44. The Balaban J connectivity index is 1.68. The average Bonchev–Trinajstić information content (AvgIpc) is 2.77. The fourth-order valence-electron chi connectivity index (χ4n) is 3.38. The molecule has 0 aliphatic carbocycles. The maximum atomic E-state index is 12.8. The van der Waals surface area contributed by atoms with Crippen LogP contribution in [0, 0.1) is 0 Å². The monoisotopic (exact) mass is 397 g/mol. The maximum absolute atomic E-state index is 12.8. The number of carboxylic acid groups (broad SMARTS) is 1. The molecule has 2 N–H and O–H groups in total. The summed E-state index contributed by atoms with van der Waals surface area (Å²) in [5.74, 6) is -1.29. The van der Waals surface area contributed by atoms with Gasteiger partial charge in [-0.25, -0.2) is 0 Å². The number of aliphatic carboxylic acids is 1. The van der Waals surface area contributed by atoms with Crippen LogP contribution < -0.4 is 5.32 Å². The van der Waals surface area contributed by atoms with Crippen LogP contribution in [0.3, 0.4) is 0 Å². The summed E-state index contributed by atoms with van der Waals surface area (Å²) in [6.07, 6.45) is 1.83. The summed E-state index contributed by atoms with van der Waals surface area (Å²) in [6.45, 7) is 3.33. The first-order chi connectivity index (χ1) is 14.0. The van der Waals surface area contributed by atoms with Gasteiger partial charge in [0.2, 0.25) is 0 Å². The number of carboxylic acids is 1. The van der Waals surface area contributed by atoms with E-state index in [1.54, 1.807) is 43.3 Å². The Labute approximate surface area is 170 Å². The van der Waals surface area contributed by atoms with Crippen LogP contribution in [0.4, 0.5) is 0 Å². The van der Waals surface area contributed by atoms with E-state index in [-0.39, 0.29) is 18.6 Å². The molecule has 0 aromatic heterocycles. The standard InChI is InChI=1S/C23H27NO5/c1-23(22(26)27,18-8-3-2-4-9-18)16-24-21(25)20-10-6-5-7-17(20)15-29-19-11-13-28-14-12-19/h2-10,19H,11-16H2,1H3,(H,24,25)(H,26,27). The van der Waals surface area contributed by atoms with Gasteiger partial charge in [-0.1, -0.05) is 48.5 Å². The minimum absolute atomic E-state index is 0.0136. The quantitative estimate of drug-likeness (QED) is 0.715. The lowest BCUT2D eigenvalue weighted by atomic mass is 9.82. The molecule has 1 atom stereocenters. The van der Waals surface area contributed by atoms with E-state index < -0.39 is 11.4 Å². The Morgan fingerprint density at radius 3 is 2.45 bits per heavy atom. The average molecular weight is 397 g/mol. The molecule has 0 bridgehead atoms. The van der Waals surface area contributed by atoms with Gasteiger partial charge in [-0.15, -0.1) is 0 Å². The number of carbonyl (C=O) groups is 2. The molecule has 1 unspecified atom stereocenters. The van der Waals surface area contributed by atoms with E-state index in [0.29, 0.717) is 30.9 Å². The minimum Gasteiger partial charge on any atom is -0.481 e. The van der Waals surface area contributed by atoms with Crippen molar-refractivity contribution in [2.45, 2.75) is 37.9 Å². The molecular weight excluding hydrogens is 370 g/mol. The van der Waals surface area contributed by atoms with Gasteiger partial charge in [0.1, 0.15) is 5.41 Å². The zero-order valence-electron chi connectivity index (χ0n) is 16.6. The summed E-state index contributed by atoms with van der Waals surface area (Å²) in [4.78, 5) is 24.8. The van der Waals surface area contributed by atoms with Crippen LogP contribution in [0.15, 0.2) is 54.6 Å². The largest absolute Gasteiger partial charge is 0.481 e. The van der Waals surface area contributed by atoms with E-state index in [1.165, 1.54) is 0 Å². The normalized spacial score (nSPS) is 16.7. The highest BCUT2D eigenvalue weighted by atomic mass is 16.5. The summed E-state index contributed by atoms with van der Waals surface area (Å²) in [7, 11) is 0. The molecular formula is C23H27NO5. The number of amides is 1. The van der Waals surface area contributed by atoms with Gasteiger partial charge < -0.3 is 19.9 Å². The van der Waals surface area contributed by atoms with Gasteiger partial charge in [-0.2, -0.15) is 0 Å². The molecule has 6 heteroatoms. The van der Waals surface area contributed by atoms with Crippen molar-refractivity contribution in [3.05, 3.63) is 71.3 Å². The molecule has 1 fully saturated rings. The Hall–Kier alpha value is -2.70. The fourth-order valence-corrected chi connectivity index (χ4v) is 3.38. The SMILES string of the molecule is CC(CNC(=O)c1ccccc1COC1CCOCC1)(C(=O)O)c1ccccc1. The fraction of sp³-hybridized carbons (Fsp3) is 0.391. The molecule has 3 rings (SSSR count). The molecule has 0 saturated carbocycles. The van der Waals surface area contributed by atoms with Crippen molar-refractivity contribution in [3.63, 3.8) is 0 Å². The summed E-state index contributed by atoms with van der Waals surface area (Å²) in [5.41, 5.74) is 0.710. The maximum Gasteiger partial charge on any atom is 0.315 e. The second-order valence-electron chi connectivity index (χ2n) is 7.47. The van der Waals surface area contributed by atoms with Crippen LogP contribution in [0.2, 0.25) is 0 Å². The zero-order valence-corrected chi connectivity index (χ0v) is 16.6. The van der Waals surface area contributed by atoms with Crippen molar-refractivity contribution in [1.82, 2.24) is 5.32 Å².